The van der Waals surface area contributed by atoms with E-state index in [0.29, 0.717) is 11.3 Å². The third-order valence-corrected chi connectivity index (χ3v) is 10.5. The molecular weight excluding hydrogens is 891 g/mol. The summed E-state index contributed by atoms with van der Waals surface area (Å²) in [4.78, 5) is 9.39. The van der Waals surface area contributed by atoms with Gasteiger partial charge in [-0.2, -0.15) is 0 Å². The average Bonchev–Trinajstić information content (AvgIpc) is 3.84. The molecule has 0 saturated heterocycles. The molecule has 0 aliphatic rings. The van der Waals surface area contributed by atoms with Crippen molar-refractivity contribution in [1.29, 1.82) is 0 Å². The zero-order valence-electron chi connectivity index (χ0n) is 38.2. The maximum atomic E-state index is 7.28. The van der Waals surface area contributed by atoms with Gasteiger partial charge < -0.3 is 9.55 Å². The summed E-state index contributed by atoms with van der Waals surface area (Å²) in [7, 11) is 0. The Bertz CT molecular complexity index is 2870. The van der Waals surface area contributed by atoms with Crippen LogP contribution < -0.4 is 0 Å². The Hall–Kier alpha value is -5.45. The number of benzene rings is 6. The van der Waals surface area contributed by atoms with E-state index in [2.05, 4.69) is 164 Å². The topological polar surface area (TPSA) is 30.7 Å². The molecule has 57 heavy (non-hydrogen) atoms. The van der Waals surface area contributed by atoms with E-state index < -0.39 is 13.7 Å². The Morgan fingerprint density at radius 3 is 2.00 bits per heavy atom. The fourth-order valence-electron chi connectivity index (χ4n) is 7.16. The summed E-state index contributed by atoms with van der Waals surface area (Å²) in [5.74, 6) is 0.925. The molecule has 0 atom stereocenters. The Morgan fingerprint density at radius 1 is 0.719 bits per heavy atom. The van der Waals surface area contributed by atoms with Gasteiger partial charge in [0.1, 0.15) is 0 Å². The molecule has 0 spiro atoms. The zero-order valence-corrected chi connectivity index (χ0v) is 35.4. The molecule has 9 aromatic rings. The number of nitrogens with zero attached hydrogens (tertiary/aromatic N) is 3. The molecule has 3 heterocycles. The molecule has 0 aliphatic carbocycles. The van der Waals surface area contributed by atoms with Crippen molar-refractivity contribution in [2.75, 3.05) is 0 Å². The van der Waals surface area contributed by atoms with Crippen molar-refractivity contribution in [2.24, 2.45) is 5.41 Å². The molecule has 0 unspecified atom stereocenters. The molecular formula is C52H45IrN3S-2. The van der Waals surface area contributed by atoms with Gasteiger partial charge in [0.15, 0.2) is 0 Å². The second-order valence-corrected chi connectivity index (χ2v) is 16.1. The van der Waals surface area contributed by atoms with Gasteiger partial charge in [-0.15, -0.1) is 46.8 Å². The summed E-state index contributed by atoms with van der Waals surface area (Å²) in [6.07, 6.45) is 2.32. The molecule has 6 aromatic carbocycles. The number of aromatic nitrogens is 3. The first-order chi connectivity index (χ1) is 29.5. The second-order valence-electron chi connectivity index (χ2n) is 15.3. The van der Waals surface area contributed by atoms with E-state index in [1.54, 1.807) is 23.5 Å². The molecule has 9 rings (SSSR count). The van der Waals surface area contributed by atoms with Gasteiger partial charge in [-0.3, -0.25) is 16.3 Å². The second kappa shape index (κ2) is 17.0. The molecule has 0 N–H and O–H groups in total. The minimum Gasteiger partial charge on any atom is -0.332 e. The number of hydrogen-bond acceptors (Lipinski definition) is 3. The third kappa shape index (κ3) is 8.77. The number of hydrogen-bond donors (Lipinski definition) is 0. The summed E-state index contributed by atoms with van der Waals surface area (Å²) >= 11 is 1.67. The van der Waals surface area contributed by atoms with Crippen LogP contribution in [0.5, 0.6) is 0 Å². The van der Waals surface area contributed by atoms with Crippen LogP contribution in [0.15, 0.2) is 152 Å². The normalized spacial score (nSPS) is 13.3. The number of pyridine rings is 1. The van der Waals surface area contributed by atoms with Crippen LogP contribution in [0, 0.1) is 37.5 Å². The molecule has 5 heteroatoms. The predicted octanol–water partition coefficient (Wildman–Crippen LogP) is 14.1. The van der Waals surface area contributed by atoms with Crippen molar-refractivity contribution in [1.82, 2.24) is 14.5 Å². The van der Waals surface area contributed by atoms with Crippen molar-refractivity contribution in [2.45, 2.75) is 47.8 Å². The minimum absolute atomic E-state index is 0. The zero-order chi connectivity index (χ0) is 43.8. The Kier molecular flexibility index (Phi) is 9.70. The van der Waals surface area contributed by atoms with E-state index in [0.717, 1.165) is 34.5 Å². The molecule has 3 nitrogen and oxygen atoms in total. The number of rotatable bonds is 6. The van der Waals surface area contributed by atoms with Crippen LogP contribution >= 0.6 is 11.3 Å². The monoisotopic (exact) mass is 942 g/mol. The van der Waals surface area contributed by atoms with Crippen LogP contribution in [0.4, 0.5) is 0 Å². The van der Waals surface area contributed by atoms with E-state index in [1.807, 2.05) is 0 Å². The summed E-state index contributed by atoms with van der Waals surface area (Å²) in [6.45, 7) is 4.74. The van der Waals surface area contributed by atoms with Gasteiger partial charge in [0, 0.05) is 45.7 Å². The van der Waals surface area contributed by atoms with Gasteiger partial charge in [0.05, 0.1) is 22.5 Å². The quantitative estimate of drug-likeness (QED) is 0.156. The largest absolute Gasteiger partial charge is 0.332 e. The molecule has 0 bridgehead atoms. The summed E-state index contributed by atoms with van der Waals surface area (Å²) in [6, 6.07) is 51.9. The van der Waals surface area contributed by atoms with E-state index in [4.69, 9.17) is 13.2 Å². The summed E-state index contributed by atoms with van der Waals surface area (Å²) < 4.78 is 47.3. The maximum absolute atomic E-state index is 7.28. The molecule has 1 radical (unpaired) electrons. The first-order valence-electron chi connectivity index (χ1n) is 21.7. The number of imidazole rings is 1. The van der Waals surface area contributed by atoms with Crippen LogP contribution in [0.3, 0.4) is 0 Å². The third-order valence-electron chi connectivity index (χ3n) is 9.59. The molecule has 0 fully saturated rings. The van der Waals surface area contributed by atoms with Crippen molar-refractivity contribution >= 4 is 32.5 Å². The van der Waals surface area contributed by atoms with Crippen LogP contribution in [0.1, 0.15) is 51.2 Å². The van der Waals surface area contributed by atoms with E-state index in [1.165, 1.54) is 67.9 Å². The van der Waals surface area contributed by atoms with Gasteiger partial charge >= 0.3 is 0 Å². The van der Waals surface area contributed by atoms with Crippen molar-refractivity contribution in [3.8, 4) is 50.6 Å². The van der Waals surface area contributed by atoms with Gasteiger partial charge in [-0.1, -0.05) is 146 Å². The van der Waals surface area contributed by atoms with Crippen LogP contribution in [0.2, 0.25) is 0 Å². The standard InChI is InChI=1S/C39H33N2S.C13H12N.Ir/c1-26-21-30(28-13-7-5-8-14-28)37(31(22-26)29-15-9-6-10-16-29)41-35-18-12-11-17-34(35)40-38(41)33-25-42-36-20-19-27(23-32(33)36)24-39(2,3)4;1-10-3-6-12(7-4-10)13-8-5-11(2)9-14-13;/h5-23H,24H2,1-4H3;3-6,8-9H,1-2H3;/q2*-1;/i;1D3,2D3;. The summed E-state index contributed by atoms with van der Waals surface area (Å²) in [5, 5.41) is 4.90. The Morgan fingerprint density at radius 2 is 1.39 bits per heavy atom. The molecule has 0 amide bonds. The van der Waals surface area contributed by atoms with E-state index in [-0.39, 0.29) is 36.6 Å². The SMILES string of the molecule is Cc1cc(-c2ccccc2)c(-n2c(-c3[c-]sc4ccc(CC(C)(C)C)cc34)nc3ccccc32)c(-c2ccccc2)c1.[2H]C([2H])([2H])c1c[c-]c(-c2ccc(C([2H])([2H])[2H])cn2)cc1.[Ir]. The maximum Gasteiger partial charge on any atom is 0.0774 e. The van der Waals surface area contributed by atoms with Crippen LogP contribution in [0.25, 0.3) is 71.7 Å². The predicted molar refractivity (Wildman–Crippen MR) is 237 cm³/mol. The number of fused-ring (bicyclic) bond motifs is 2. The number of aryl methyl sites for hydroxylation is 3. The molecule has 0 aliphatic heterocycles. The van der Waals surface area contributed by atoms with Crippen molar-refractivity contribution in [3.63, 3.8) is 0 Å². The number of thiophene rings is 1. The molecule has 285 valence electrons. The van der Waals surface area contributed by atoms with Crippen LogP contribution in [-0.2, 0) is 26.5 Å². The molecule has 3 aromatic heterocycles. The Balaban J connectivity index is 0.000000239. The van der Waals surface area contributed by atoms with E-state index in [9.17, 15) is 0 Å². The van der Waals surface area contributed by atoms with Gasteiger partial charge in [0.2, 0.25) is 0 Å². The minimum atomic E-state index is -2.18. The average molecular weight is 942 g/mol. The van der Waals surface area contributed by atoms with Crippen molar-refractivity contribution in [3.05, 3.63) is 185 Å². The summed E-state index contributed by atoms with van der Waals surface area (Å²) in [5.41, 5.74) is 13.3. The number of para-hydroxylation sites is 2. The van der Waals surface area contributed by atoms with Crippen LogP contribution in [-0.4, -0.2) is 14.5 Å². The first-order valence-corrected chi connectivity index (χ1v) is 19.5. The Labute approximate surface area is 362 Å². The van der Waals surface area contributed by atoms with Gasteiger partial charge in [-0.05, 0) is 77.8 Å². The fraction of sp³-hybridized carbons (Fsp3) is 0.154. The van der Waals surface area contributed by atoms with Gasteiger partial charge in [0.25, 0.3) is 0 Å². The van der Waals surface area contributed by atoms with Gasteiger partial charge in [-0.25, -0.2) is 0 Å². The van der Waals surface area contributed by atoms with E-state index >= 15 is 0 Å². The smallest absolute Gasteiger partial charge is 0.0774 e. The fourth-order valence-corrected chi connectivity index (χ4v) is 7.98. The first kappa shape index (κ1) is 32.6. The van der Waals surface area contributed by atoms with Crippen molar-refractivity contribution < 1.29 is 28.3 Å². The molecule has 0 saturated carbocycles.